The minimum Gasteiger partial charge on any atom is -0.356 e. The van der Waals surface area contributed by atoms with Crippen LogP contribution >= 0.6 is 0 Å². The van der Waals surface area contributed by atoms with Crippen molar-refractivity contribution in [2.45, 2.75) is 0 Å². The third kappa shape index (κ3) is 6.62. The largest absolute Gasteiger partial charge is 0.356 e. The Balaban J connectivity index is 0.968. The number of nitrogens with one attached hydrogen (secondary N) is 2. The number of hydrogen-bond acceptors (Lipinski definition) is 6. The van der Waals surface area contributed by atoms with Crippen molar-refractivity contribution in [3.63, 3.8) is 0 Å². The van der Waals surface area contributed by atoms with Crippen molar-refractivity contribution >= 4 is 137 Å². The molecule has 0 spiro atoms. The summed E-state index contributed by atoms with van der Waals surface area (Å²) in [6, 6.07) is 97.1. The summed E-state index contributed by atoms with van der Waals surface area (Å²) in [6.07, 6.45) is 0. The van der Waals surface area contributed by atoms with Crippen LogP contribution in [0.15, 0.2) is 267 Å². The highest BCUT2D eigenvalue weighted by atomic mass is 15.2. The van der Waals surface area contributed by atoms with E-state index in [1.165, 1.54) is 44.2 Å². The Kier molecular flexibility index (Phi) is 9.67. The normalized spacial score (nSPS) is 13.0. The summed E-state index contributed by atoms with van der Waals surface area (Å²) in [4.78, 5) is 9.69. The summed E-state index contributed by atoms with van der Waals surface area (Å²) in [5.74, 6) is 0. The first kappa shape index (κ1) is 42.1. The van der Waals surface area contributed by atoms with Gasteiger partial charge in [0.2, 0.25) is 0 Å². The van der Waals surface area contributed by atoms with Gasteiger partial charge in [-0.3, -0.25) is 0 Å². The molecule has 11 aromatic carbocycles. The summed E-state index contributed by atoms with van der Waals surface area (Å²) in [6.45, 7) is -0.108. The summed E-state index contributed by atoms with van der Waals surface area (Å²) in [5, 5.41) is 8.25. The van der Waals surface area contributed by atoms with Gasteiger partial charge in [-0.05, 0) is 148 Å². The van der Waals surface area contributed by atoms with Gasteiger partial charge < -0.3 is 30.2 Å². The Morgan fingerprint density at radius 3 is 0.946 bits per heavy atom. The lowest BCUT2D eigenvalue weighted by molar-refractivity contribution is 1.25. The fourth-order valence-corrected chi connectivity index (χ4v) is 12.3. The molecule has 4 aliphatic rings. The number of rotatable bonds is 8. The lowest BCUT2D eigenvalue weighted by atomic mass is 9.30. The smallest absolute Gasteiger partial charge is 0.252 e. The second-order valence-electron chi connectivity index (χ2n) is 19.5. The minimum absolute atomic E-state index is 0.0538. The van der Waals surface area contributed by atoms with Gasteiger partial charge >= 0.3 is 0 Å². The standard InChI is InChI=1S/C66H46B2N6/c1-7-23-45(24-8-1)71(46-25-9-2-10-26-46)51-39-59-65-63(41-51)73(49-31-15-5-16-32-49)61-37-21-19-35-53(61)67(65)55-43-56-58(44-57(55)69-59)70-60-40-52(72(47-27-11-3-12-28-47)48-29-13-4-14-30-48)42-64-66(60)68(56)54-36-20-22-38-62(54)74(64)50-33-17-6-18-34-50/h1-44,69-70H. The van der Waals surface area contributed by atoms with Crippen LogP contribution in [0.3, 0.4) is 0 Å². The molecule has 0 saturated carbocycles. The molecule has 4 aliphatic heterocycles. The first-order valence-corrected chi connectivity index (χ1v) is 25.5. The molecule has 0 radical (unpaired) electrons. The van der Waals surface area contributed by atoms with Crippen LogP contribution < -0.4 is 63.0 Å². The quantitative estimate of drug-likeness (QED) is 0.148. The summed E-state index contributed by atoms with van der Waals surface area (Å²) in [7, 11) is 0. The maximum atomic E-state index is 4.12. The molecule has 0 aromatic heterocycles. The van der Waals surface area contributed by atoms with Crippen LogP contribution in [-0.4, -0.2) is 13.4 Å². The first-order valence-electron chi connectivity index (χ1n) is 25.5. The highest BCUT2D eigenvalue weighted by Gasteiger charge is 2.46. The van der Waals surface area contributed by atoms with E-state index in [0.717, 1.165) is 79.6 Å². The lowest BCUT2D eigenvalue weighted by Gasteiger charge is -2.44. The van der Waals surface area contributed by atoms with Crippen LogP contribution in [0.2, 0.25) is 0 Å². The highest BCUT2D eigenvalue weighted by Crippen LogP contribution is 2.47. The molecule has 15 rings (SSSR count). The number of anilines is 16. The van der Waals surface area contributed by atoms with Crippen LogP contribution in [0.4, 0.5) is 91.0 Å². The van der Waals surface area contributed by atoms with Gasteiger partial charge in [-0.25, -0.2) is 0 Å². The molecular formula is C66H46B2N6. The Labute approximate surface area is 432 Å². The molecule has 6 nitrogen and oxygen atoms in total. The highest BCUT2D eigenvalue weighted by molar-refractivity contribution is 7.03. The van der Waals surface area contributed by atoms with E-state index in [4.69, 9.17) is 0 Å². The third-order valence-electron chi connectivity index (χ3n) is 15.3. The van der Waals surface area contributed by atoms with Crippen molar-refractivity contribution in [2.24, 2.45) is 0 Å². The molecule has 0 aliphatic carbocycles. The van der Waals surface area contributed by atoms with Gasteiger partial charge in [0.15, 0.2) is 0 Å². The van der Waals surface area contributed by atoms with Crippen molar-refractivity contribution in [2.75, 3.05) is 30.2 Å². The van der Waals surface area contributed by atoms with Crippen molar-refractivity contribution in [3.8, 4) is 0 Å². The second-order valence-corrected chi connectivity index (χ2v) is 19.5. The molecule has 74 heavy (non-hydrogen) atoms. The molecule has 0 fully saturated rings. The van der Waals surface area contributed by atoms with E-state index < -0.39 is 0 Å². The Bertz CT molecular complexity index is 3600. The van der Waals surface area contributed by atoms with Gasteiger partial charge in [0.05, 0.1) is 11.4 Å². The first-order chi connectivity index (χ1) is 36.7. The Morgan fingerprint density at radius 2 is 0.581 bits per heavy atom. The maximum absolute atomic E-state index is 4.12. The van der Waals surface area contributed by atoms with Gasteiger partial charge in [-0.15, -0.1) is 0 Å². The molecule has 346 valence electrons. The predicted molar refractivity (Wildman–Crippen MR) is 314 cm³/mol. The van der Waals surface area contributed by atoms with Crippen LogP contribution in [0, 0.1) is 0 Å². The molecule has 11 aromatic rings. The van der Waals surface area contributed by atoms with E-state index in [1.54, 1.807) is 0 Å². The summed E-state index contributed by atoms with van der Waals surface area (Å²) in [5.41, 5.74) is 25.4. The summed E-state index contributed by atoms with van der Waals surface area (Å²) >= 11 is 0. The Morgan fingerprint density at radius 1 is 0.257 bits per heavy atom. The van der Waals surface area contributed by atoms with Crippen molar-refractivity contribution in [3.05, 3.63) is 267 Å². The number of benzene rings is 11. The van der Waals surface area contributed by atoms with Crippen molar-refractivity contribution < 1.29 is 0 Å². The topological polar surface area (TPSA) is 37.0 Å². The zero-order valence-electron chi connectivity index (χ0n) is 40.3. The van der Waals surface area contributed by atoms with E-state index >= 15 is 0 Å². The third-order valence-corrected chi connectivity index (χ3v) is 15.3. The van der Waals surface area contributed by atoms with E-state index in [1.807, 2.05) is 0 Å². The molecule has 0 atom stereocenters. The zero-order chi connectivity index (χ0) is 48.7. The number of nitrogens with zero attached hydrogens (tertiary/aromatic N) is 4. The van der Waals surface area contributed by atoms with Gasteiger partial charge in [-0.2, -0.15) is 0 Å². The monoisotopic (exact) mass is 944 g/mol. The second kappa shape index (κ2) is 17.0. The van der Waals surface area contributed by atoms with Crippen LogP contribution in [0.5, 0.6) is 0 Å². The fourth-order valence-electron chi connectivity index (χ4n) is 12.3. The molecule has 0 amide bonds. The lowest BCUT2D eigenvalue weighted by Crippen LogP contribution is -2.64. The maximum Gasteiger partial charge on any atom is 0.252 e. The van der Waals surface area contributed by atoms with Crippen LogP contribution in [0.25, 0.3) is 0 Å². The van der Waals surface area contributed by atoms with Crippen molar-refractivity contribution in [1.29, 1.82) is 0 Å². The molecule has 0 saturated heterocycles. The minimum atomic E-state index is -0.0538. The van der Waals surface area contributed by atoms with E-state index in [2.05, 4.69) is 297 Å². The van der Waals surface area contributed by atoms with Crippen molar-refractivity contribution in [1.82, 2.24) is 0 Å². The molecule has 8 heteroatoms. The molecule has 4 heterocycles. The van der Waals surface area contributed by atoms with Gasteiger partial charge in [0, 0.05) is 79.6 Å². The average molecular weight is 945 g/mol. The fraction of sp³-hybridized carbons (Fsp3) is 0. The zero-order valence-corrected chi connectivity index (χ0v) is 40.3. The molecule has 0 unspecified atom stereocenters. The number of fused-ring (bicyclic) bond motifs is 8. The molecule has 2 N–H and O–H groups in total. The molecule has 0 bridgehead atoms. The summed E-state index contributed by atoms with van der Waals surface area (Å²) < 4.78 is 0. The van der Waals surface area contributed by atoms with Gasteiger partial charge in [0.1, 0.15) is 0 Å². The van der Waals surface area contributed by atoms with E-state index in [0.29, 0.717) is 0 Å². The average Bonchev–Trinajstić information content (AvgIpc) is 3.46. The van der Waals surface area contributed by atoms with E-state index in [-0.39, 0.29) is 13.4 Å². The van der Waals surface area contributed by atoms with Crippen LogP contribution in [-0.2, 0) is 0 Å². The predicted octanol–water partition coefficient (Wildman–Crippen LogP) is 13.3. The number of para-hydroxylation sites is 8. The van der Waals surface area contributed by atoms with Crippen LogP contribution in [0.1, 0.15) is 0 Å². The Hall–Kier alpha value is -9.65. The van der Waals surface area contributed by atoms with E-state index in [9.17, 15) is 0 Å². The number of hydrogen-bond donors (Lipinski definition) is 2. The molecular weight excluding hydrogens is 898 g/mol. The SMILES string of the molecule is c1ccc(N(c2ccccc2)c2cc3c4c(c2)N(c2ccccc2)c2ccccc2B4c2cc4c(cc2N3)Nc2cc(N(c3ccccc3)c3ccccc3)cc3c2B4c2ccccc2N3c2ccccc2)cc1. The van der Waals surface area contributed by atoms with Gasteiger partial charge in [0.25, 0.3) is 13.4 Å². The van der Waals surface area contributed by atoms with Gasteiger partial charge in [-0.1, -0.05) is 152 Å².